The zero-order valence-electron chi connectivity index (χ0n) is 12.9. The number of benzene rings is 1. The van der Waals surface area contributed by atoms with Gasteiger partial charge in [-0.2, -0.15) is 0 Å². The Labute approximate surface area is 141 Å². The molecule has 1 aromatic carbocycles. The summed E-state index contributed by atoms with van der Waals surface area (Å²) >= 11 is 2.37. The first-order valence-electron chi connectivity index (χ1n) is 7.92. The van der Waals surface area contributed by atoms with E-state index < -0.39 is 0 Å². The van der Waals surface area contributed by atoms with Gasteiger partial charge in [-0.05, 0) is 29.7 Å². The third-order valence-corrected chi connectivity index (χ3v) is 7.55. The molecule has 2 bridgehead atoms. The summed E-state index contributed by atoms with van der Waals surface area (Å²) < 4.78 is 13.9. The van der Waals surface area contributed by atoms with Gasteiger partial charge < -0.3 is 9.31 Å². The minimum absolute atomic E-state index is 0.0631. The molecule has 4 rings (SSSR count). The Bertz CT molecular complexity index is 563. The van der Waals surface area contributed by atoms with Crippen LogP contribution < -0.4 is 0 Å². The molecule has 3 aliphatic rings. The topological polar surface area (TPSA) is 18.5 Å². The molecule has 4 atom stereocenters. The van der Waals surface area contributed by atoms with Crippen molar-refractivity contribution in [1.82, 2.24) is 0 Å². The lowest BCUT2D eigenvalue weighted by atomic mass is 9.61. The van der Waals surface area contributed by atoms with Crippen LogP contribution in [0.15, 0.2) is 30.3 Å². The quantitative estimate of drug-likeness (QED) is 0.424. The van der Waals surface area contributed by atoms with Crippen LogP contribution in [0.3, 0.4) is 0 Å². The molecule has 2 aliphatic carbocycles. The summed E-state index contributed by atoms with van der Waals surface area (Å²) in [5.41, 5.74) is 1.43. The van der Waals surface area contributed by atoms with Crippen LogP contribution in [0.25, 0.3) is 0 Å². The Balaban J connectivity index is 1.92. The highest BCUT2D eigenvalue weighted by Crippen LogP contribution is 2.76. The second-order valence-corrected chi connectivity index (χ2v) is 8.44. The smallest absolute Gasteiger partial charge is 0.404 e. The Hall–Kier alpha value is -0.0651. The summed E-state index contributed by atoms with van der Waals surface area (Å²) in [6.45, 7) is 7.26. The van der Waals surface area contributed by atoms with Gasteiger partial charge in [-0.3, -0.25) is 0 Å². The maximum atomic E-state index is 6.65. The van der Waals surface area contributed by atoms with E-state index in [0.29, 0.717) is 5.92 Å². The number of halogens is 1. The summed E-state index contributed by atoms with van der Waals surface area (Å²) in [7, 11) is -0.0631. The minimum atomic E-state index is -0.267. The summed E-state index contributed by atoms with van der Waals surface area (Å²) in [6, 6.07) is 10.8. The van der Waals surface area contributed by atoms with Gasteiger partial charge in [0.05, 0.1) is 6.10 Å². The SMILES string of the molecule is CC1(C)[C@@H]2CC[C@@]1(C)[C@]1(c3ccccc3)OB(CI)OC21. The summed E-state index contributed by atoms with van der Waals surface area (Å²) in [4.78, 5) is 0. The molecule has 1 saturated heterocycles. The van der Waals surface area contributed by atoms with Crippen molar-refractivity contribution in [2.75, 3.05) is 4.33 Å². The zero-order chi connectivity index (χ0) is 14.9. The molecule has 1 heterocycles. The average Bonchev–Trinajstić information content (AvgIpc) is 3.03. The predicted octanol–water partition coefficient (Wildman–Crippen LogP) is 4.22. The maximum absolute atomic E-state index is 6.65. The fraction of sp³-hybridized carbons (Fsp3) is 0.647. The highest BCUT2D eigenvalue weighted by molar-refractivity contribution is 14.1. The molecule has 0 amide bonds. The minimum Gasteiger partial charge on any atom is -0.404 e. The molecule has 4 heteroatoms. The molecule has 112 valence electrons. The Morgan fingerprint density at radius 1 is 1.24 bits per heavy atom. The third-order valence-electron chi connectivity index (χ3n) is 6.83. The monoisotopic (exact) mass is 396 g/mol. The first kappa shape index (κ1) is 14.5. The molecule has 1 unspecified atom stereocenters. The molecular formula is C17H22BIO2. The van der Waals surface area contributed by atoms with Gasteiger partial charge in [0, 0.05) is 9.74 Å². The molecule has 3 fully saturated rings. The number of alkyl halides is 1. The summed E-state index contributed by atoms with van der Waals surface area (Å²) in [5.74, 6) is 0.593. The molecule has 2 nitrogen and oxygen atoms in total. The van der Waals surface area contributed by atoms with E-state index in [1.807, 2.05) is 0 Å². The lowest BCUT2D eigenvalue weighted by Crippen LogP contribution is -2.50. The van der Waals surface area contributed by atoms with E-state index >= 15 is 0 Å². The lowest BCUT2D eigenvalue weighted by Gasteiger charge is -2.48. The van der Waals surface area contributed by atoms with E-state index in [4.69, 9.17) is 9.31 Å². The van der Waals surface area contributed by atoms with Crippen LogP contribution in [-0.4, -0.2) is 17.5 Å². The first-order valence-corrected chi connectivity index (χ1v) is 9.45. The Morgan fingerprint density at radius 2 is 1.95 bits per heavy atom. The van der Waals surface area contributed by atoms with Crippen LogP contribution in [-0.2, 0) is 14.9 Å². The van der Waals surface area contributed by atoms with Gasteiger partial charge in [0.25, 0.3) is 0 Å². The van der Waals surface area contributed by atoms with Gasteiger partial charge in [0.1, 0.15) is 5.60 Å². The summed E-state index contributed by atoms with van der Waals surface area (Å²) in [5, 5.41) is 0. The fourth-order valence-electron chi connectivity index (χ4n) is 5.42. The number of fused-ring (bicyclic) bond motifs is 5. The summed E-state index contributed by atoms with van der Waals surface area (Å²) in [6.07, 6.45) is 2.70. The van der Waals surface area contributed by atoms with Gasteiger partial charge >= 0.3 is 7.12 Å². The van der Waals surface area contributed by atoms with Crippen LogP contribution in [0.2, 0.25) is 0 Å². The van der Waals surface area contributed by atoms with Crippen molar-refractivity contribution < 1.29 is 9.31 Å². The molecular weight excluding hydrogens is 374 g/mol. The van der Waals surface area contributed by atoms with E-state index in [1.54, 1.807) is 0 Å². The van der Waals surface area contributed by atoms with Gasteiger partial charge in [-0.1, -0.05) is 73.7 Å². The van der Waals surface area contributed by atoms with E-state index in [2.05, 4.69) is 73.7 Å². The number of hydrogen-bond donors (Lipinski definition) is 0. The van der Waals surface area contributed by atoms with Crippen LogP contribution in [0.1, 0.15) is 39.2 Å². The average molecular weight is 396 g/mol. The zero-order valence-corrected chi connectivity index (χ0v) is 15.1. The van der Waals surface area contributed by atoms with Crippen LogP contribution >= 0.6 is 22.6 Å². The number of rotatable bonds is 2. The standard InChI is InChI=1S/C17H22BIO2/c1-15(2)13-9-10-16(15,3)17(12-7-5-4-6-8-12)14(13)20-18(11-19)21-17/h4-8,13-14H,9-11H2,1-3H3/t13-,14?,16-,17-/m1/s1. The maximum Gasteiger partial charge on any atom is 0.468 e. The van der Waals surface area contributed by atoms with Crippen molar-refractivity contribution in [3.63, 3.8) is 0 Å². The third kappa shape index (κ3) is 1.52. The van der Waals surface area contributed by atoms with Crippen molar-refractivity contribution in [3.8, 4) is 0 Å². The van der Waals surface area contributed by atoms with Gasteiger partial charge in [-0.15, -0.1) is 0 Å². The first-order chi connectivity index (χ1) is 9.97. The molecule has 2 saturated carbocycles. The molecule has 0 aromatic heterocycles. The van der Waals surface area contributed by atoms with Gasteiger partial charge in [-0.25, -0.2) is 0 Å². The fourth-order valence-corrected chi connectivity index (χ4v) is 5.81. The van der Waals surface area contributed by atoms with Crippen LogP contribution in [0.4, 0.5) is 0 Å². The molecule has 0 N–H and O–H groups in total. The normalized spacial score (nSPS) is 43.3. The highest BCUT2D eigenvalue weighted by atomic mass is 127. The van der Waals surface area contributed by atoms with Crippen molar-refractivity contribution in [2.24, 2.45) is 16.7 Å². The Morgan fingerprint density at radius 3 is 2.62 bits per heavy atom. The van der Waals surface area contributed by atoms with Crippen LogP contribution in [0, 0.1) is 16.7 Å². The van der Waals surface area contributed by atoms with Crippen molar-refractivity contribution in [3.05, 3.63) is 35.9 Å². The lowest BCUT2D eigenvalue weighted by molar-refractivity contribution is -0.0803. The molecule has 0 spiro atoms. The number of hydrogen-bond acceptors (Lipinski definition) is 2. The largest absolute Gasteiger partial charge is 0.468 e. The predicted molar refractivity (Wildman–Crippen MR) is 93.3 cm³/mol. The van der Waals surface area contributed by atoms with Gasteiger partial charge in [0.15, 0.2) is 0 Å². The second kappa shape index (κ2) is 4.48. The van der Waals surface area contributed by atoms with Crippen molar-refractivity contribution >= 4 is 29.7 Å². The van der Waals surface area contributed by atoms with E-state index in [9.17, 15) is 0 Å². The second-order valence-electron chi connectivity index (χ2n) is 7.56. The van der Waals surface area contributed by atoms with E-state index in [1.165, 1.54) is 18.4 Å². The highest BCUT2D eigenvalue weighted by Gasteiger charge is 2.78. The van der Waals surface area contributed by atoms with Crippen LogP contribution in [0.5, 0.6) is 0 Å². The Kier molecular flexibility index (Phi) is 3.10. The molecule has 0 radical (unpaired) electrons. The van der Waals surface area contributed by atoms with Gasteiger partial charge in [0.2, 0.25) is 0 Å². The molecule has 1 aliphatic heterocycles. The van der Waals surface area contributed by atoms with E-state index in [-0.39, 0.29) is 29.7 Å². The van der Waals surface area contributed by atoms with E-state index in [0.717, 1.165) is 4.33 Å². The molecule has 21 heavy (non-hydrogen) atoms. The van der Waals surface area contributed by atoms with Crippen molar-refractivity contribution in [2.45, 2.75) is 45.3 Å². The molecule has 1 aromatic rings. The van der Waals surface area contributed by atoms with Crippen molar-refractivity contribution in [1.29, 1.82) is 0 Å².